The third-order valence-electron chi connectivity index (χ3n) is 4.36. The number of hydrogen-bond donors (Lipinski definition) is 1. The number of imidazole rings is 1. The molecular formula is C18H23N3O2S. The van der Waals surface area contributed by atoms with Crippen LogP contribution in [0.4, 0.5) is 0 Å². The number of carbonyl (C=O) groups is 1. The number of piperidine rings is 1. The van der Waals surface area contributed by atoms with Crippen molar-refractivity contribution in [2.24, 2.45) is 0 Å². The Morgan fingerprint density at radius 3 is 2.88 bits per heavy atom. The summed E-state index contributed by atoms with van der Waals surface area (Å²) in [6.07, 6.45) is 7.20. The lowest BCUT2D eigenvalue weighted by Gasteiger charge is -2.33. The van der Waals surface area contributed by atoms with Gasteiger partial charge in [0.2, 0.25) is 0 Å². The Hall–Kier alpha value is -1.95. The zero-order valence-electron chi connectivity index (χ0n) is 14.1. The van der Waals surface area contributed by atoms with E-state index in [2.05, 4.69) is 9.97 Å². The lowest BCUT2D eigenvalue weighted by molar-refractivity contribution is -0.139. The van der Waals surface area contributed by atoms with Crippen molar-refractivity contribution < 1.29 is 9.53 Å². The van der Waals surface area contributed by atoms with Gasteiger partial charge < -0.3 is 14.6 Å². The number of ether oxygens (including phenoxy) is 1. The summed E-state index contributed by atoms with van der Waals surface area (Å²) in [5, 5.41) is 0. The van der Waals surface area contributed by atoms with E-state index in [9.17, 15) is 4.79 Å². The molecule has 0 aliphatic carbocycles. The Morgan fingerprint density at radius 2 is 2.21 bits per heavy atom. The summed E-state index contributed by atoms with van der Waals surface area (Å²) in [5.74, 6) is 2.02. The van der Waals surface area contributed by atoms with Crippen molar-refractivity contribution in [1.82, 2.24) is 14.9 Å². The van der Waals surface area contributed by atoms with Gasteiger partial charge in [-0.1, -0.05) is 0 Å². The highest BCUT2D eigenvalue weighted by Gasteiger charge is 2.29. The molecule has 2 atom stereocenters. The number of H-pyrrole nitrogens is 1. The van der Waals surface area contributed by atoms with E-state index in [1.54, 1.807) is 18.0 Å². The number of carbonyl (C=O) groups excluding carboxylic acids is 1. The molecule has 2 unspecified atom stereocenters. The van der Waals surface area contributed by atoms with Crippen LogP contribution in [0.5, 0.6) is 5.75 Å². The van der Waals surface area contributed by atoms with Crippen molar-refractivity contribution in [3.8, 4) is 5.75 Å². The minimum Gasteiger partial charge on any atom is -0.481 e. The van der Waals surface area contributed by atoms with Gasteiger partial charge in [0, 0.05) is 36.3 Å². The molecule has 3 rings (SSSR count). The molecule has 24 heavy (non-hydrogen) atoms. The average Bonchev–Trinajstić information content (AvgIpc) is 3.16. The number of aromatic nitrogens is 2. The van der Waals surface area contributed by atoms with Gasteiger partial charge in [-0.15, -0.1) is 11.8 Å². The van der Waals surface area contributed by atoms with Gasteiger partial charge >= 0.3 is 0 Å². The van der Waals surface area contributed by atoms with Crippen LogP contribution in [0, 0.1) is 0 Å². The highest BCUT2D eigenvalue weighted by Crippen LogP contribution is 2.25. The number of likely N-dealkylation sites (tertiary alicyclic amines) is 1. The number of amides is 1. The number of benzene rings is 1. The van der Waals surface area contributed by atoms with E-state index in [-0.39, 0.29) is 11.8 Å². The van der Waals surface area contributed by atoms with E-state index < -0.39 is 6.10 Å². The quantitative estimate of drug-likeness (QED) is 0.845. The Morgan fingerprint density at radius 1 is 1.42 bits per heavy atom. The zero-order chi connectivity index (χ0) is 16.9. The van der Waals surface area contributed by atoms with Gasteiger partial charge in [-0.25, -0.2) is 4.98 Å². The van der Waals surface area contributed by atoms with Gasteiger partial charge in [-0.2, -0.15) is 0 Å². The first-order chi connectivity index (χ1) is 11.7. The SMILES string of the molecule is CSc1ccc(OC(C)C(=O)N2CCCC(c3ncc[nH]3)C2)cc1. The third kappa shape index (κ3) is 3.93. The summed E-state index contributed by atoms with van der Waals surface area (Å²) in [4.78, 5) is 23.3. The molecule has 1 N–H and O–H groups in total. The van der Waals surface area contributed by atoms with Gasteiger partial charge in [0.05, 0.1) is 0 Å². The number of hydrogen-bond acceptors (Lipinski definition) is 4. The van der Waals surface area contributed by atoms with Crippen LogP contribution < -0.4 is 4.74 Å². The van der Waals surface area contributed by atoms with Crippen LogP contribution in [-0.2, 0) is 4.79 Å². The second kappa shape index (κ2) is 7.75. The number of nitrogens with one attached hydrogen (secondary N) is 1. The molecule has 1 aliphatic rings. The molecular weight excluding hydrogens is 322 g/mol. The van der Waals surface area contributed by atoms with Crippen LogP contribution in [0.15, 0.2) is 41.6 Å². The second-order valence-corrected chi connectivity index (χ2v) is 6.91. The maximum Gasteiger partial charge on any atom is 0.263 e. The zero-order valence-corrected chi connectivity index (χ0v) is 14.9. The first-order valence-electron chi connectivity index (χ1n) is 8.26. The van der Waals surface area contributed by atoms with Crippen molar-refractivity contribution in [2.45, 2.75) is 36.7 Å². The van der Waals surface area contributed by atoms with Crippen molar-refractivity contribution in [3.63, 3.8) is 0 Å². The fourth-order valence-electron chi connectivity index (χ4n) is 3.07. The van der Waals surface area contributed by atoms with E-state index in [0.29, 0.717) is 6.54 Å². The summed E-state index contributed by atoms with van der Waals surface area (Å²) in [5.41, 5.74) is 0. The van der Waals surface area contributed by atoms with Crippen LogP contribution in [0.25, 0.3) is 0 Å². The molecule has 6 heteroatoms. The van der Waals surface area contributed by atoms with Gasteiger partial charge in [-0.05, 0) is 50.3 Å². The molecule has 2 aromatic rings. The van der Waals surface area contributed by atoms with E-state index in [1.165, 1.54) is 4.90 Å². The van der Waals surface area contributed by atoms with E-state index in [0.717, 1.165) is 31.0 Å². The second-order valence-electron chi connectivity index (χ2n) is 6.03. The monoisotopic (exact) mass is 345 g/mol. The maximum atomic E-state index is 12.7. The molecule has 1 saturated heterocycles. The highest BCUT2D eigenvalue weighted by molar-refractivity contribution is 7.98. The highest BCUT2D eigenvalue weighted by atomic mass is 32.2. The molecule has 0 bridgehead atoms. The normalized spacial score (nSPS) is 19.1. The largest absolute Gasteiger partial charge is 0.481 e. The number of rotatable bonds is 5. The molecule has 1 aliphatic heterocycles. The van der Waals surface area contributed by atoms with Crippen LogP contribution in [0.1, 0.15) is 31.5 Å². The molecule has 0 saturated carbocycles. The Balaban J connectivity index is 1.59. The molecule has 2 heterocycles. The summed E-state index contributed by atoms with van der Waals surface area (Å²) >= 11 is 1.68. The predicted octanol–water partition coefficient (Wildman–Crippen LogP) is 3.31. The first-order valence-corrected chi connectivity index (χ1v) is 9.48. The molecule has 1 aromatic heterocycles. The molecule has 0 spiro atoms. The molecule has 1 amide bonds. The summed E-state index contributed by atoms with van der Waals surface area (Å²) < 4.78 is 5.83. The Bertz CT molecular complexity index is 657. The minimum atomic E-state index is -0.486. The average molecular weight is 345 g/mol. The maximum absolute atomic E-state index is 12.7. The Labute approximate surface area is 146 Å². The summed E-state index contributed by atoms with van der Waals surface area (Å²) in [7, 11) is 0. The summed E-state index contributed by atoms with van der Waals surface area (Å²) in [6, 6.07) is 7.84. The molecule has 0 radical (unpaired) electrons. The van der Waals surface area contributed by atoms with E-state index in [4.69, 9.17) is 4.74 Å². The van der Waals surface area contributed by atoms with Crippen LogP contribution in [0.3, 0.4) is 0 Å². The molecule has 5 nitrogen and oxygen atoms in total. The number of thioether (sulfide) groups is 1. The third-order valence-corrected chi connectivity index (χ3v) is 5.10. The predicted molar refractivity (Wildman–Crippen MR) is 95.5 cm³/mol. The fraction of sp³-hybridized carbons (Fsp3) is 0.444. The van der Waals surface area contributed by atoms with E-state index in [1.807, 2.05) is 48.5 Å². The lowest BCUT2D eigenvalue weighted by atomic mass is 9.97. The van der Waals surface area contributed by atoms with Crippen molar-refractivity contribution in [1.29, 1.82) is 0 Å². The number of aromatic amines is 1. The number of nitrogens with zero attached hydrogens (tertiary/aromatic N) is 2. The van der Waals surface area contributed by atoms with Crippen LogP contribution in [-0.4, -0.2) is 46.2 Å². The standard InChI is InChI=1S/C18H23N3O2S/c1-13(23-15-5-7-16(24-2)8-6-15)18(22)21-11-3-4-14(12-21)17-19-9-10-20-17/h5-10,13-14H,3-4,11-12H2,1-2H3,(H,19,20). The van der Waals surface area contributed by atoms with Gasteiger partial charge in [0.15, 0.2) is 6.10 Å². The van der Waals surface area contributed by atoms with Crippen molar-refractivity contribution >= 4 is 17.7 Å². The lowest BCUT2D eigenvalue weighted by Crippen LogP contribution is -2.45. The molecule has 1 fully saturated rings. The molecule has 128 valence electrons. The fourth-order valence-corrected chi connectivity index (χ4v) is 3.48. The van der Waals surface area contributed by atoms with Crippen molar-refractivity contribution in [2.75, 3.05) is 19.3 Å². The first kappa shape index (κ1) is 16.9. The Kier molecular flexibility index (Phi) is 5.45. The van der Waals surface area contributed by atoms with Gasteiger partial charge in [-0.3, -0.25) is 4.79 Å². The minimum absolute atomic E-state index is 0.0419. The topological polar surface area (TPSA) is 58.2 Å². The van der Waals surface area contributed by atoms with Crippen molar-refractivity contribution in [3.05, 3.63) is 42.5 Å². The van der Waals surface area contributed by atoms with Gasteiger partial charge in [0.1, 0.15) is 11.6 Å². The van der Waals surface area contributed by atoms with Crippen LogP contribution in [0.2, 0.25) is 0 Å². The molecule has 1 aromatic carbocycles. The van der Waals surface area contributed by atoms with Gasteiger partial charge in [0.25, 0.3) is 5.91 Å². The van der Waals surface area contributed by atoms with E-state index >= 15 is 0 Å². The summed E-state index contributed by atoms with van der Waals surface area (Å²) in [6.45, 7) is 3.31. The van der Waals surface area contributed by atoms with Crippen LogP contribution >= 0.6 is 11.8 Å². The smallest absolute Gasteiger partial charge is 0.263 e.